The summed E-state index contributed by atoms with van der Waals surface area (Å²) >= 11 is 0. The van der Waals surface area contributed by atoms with Gasteiger partial charge in [-0.15, -0.1) is 0 Å². The molecule has 0 atom stereocenters. The molecule has 7 nitrogen and oxygen atoms in total. The number of ether oxygens (including phenoxy) is 1. The molecule has 0 amide bonds. The predicted molar refractivity (Wildman–Crippen MR) is 67.1 cm³/mol. The van der Waals surface area contributed by atoms with E-state index in [-0.39, 0.29) is 23.2 Å². The summed E-state index contributed by atoms with van der Waals surface area (Å²) in [5, 5.41) is 8.99. The van der Waals surface area contributed by atoms with Gasteiger partial charge < -0.3 is 4.74 Å². The minimum atomic E-state index is -4.02. The minimum absolute atomic E-state index is 0.0171. The van der Waals surface area contributed by atoms with Crippen molar-refractivity contribution in [1.82, 2.24) is 9.78 Å². The van der Waals surface area contributed by atoms with Crippen molar-refractivity contribution < 1.29 is 17.9 Å². The zero-order valence-corrected chi connectivity index (χ0v) is 11.5. The molecule has 19 heavy (non-hydrogen) atoms. The Kier molecular flexibility index (Phi) is 3.91. The Hall–Kier alpha value is -1.41. The molecule has 1 aliphatic rings. The first-order chi connectivity index (χ1) is 8.95. The first kappa shape index (κ1) is 14.0. The van der Waals surface area contributed by atoms with E-state index in [9.17, 15) is 13.2 Å². The van der Waals surface area contributed by atoms with Crippen LogP contribution in [-0.4, -0.2) is 30.8 Å². The Morgan fingerprint density at radius 2 is 2.16 bits per heavy atom. The highest BCUT2D eigenvalue weighted by Gasteiger charge is 2.30. The lowest BCUT2D eigenvalue weighted by Gasteiger charge is -2.13. The first-order valence-electron chi connectivity index (χ1n) is 6.22. The number of nitrogens with two attached hydrogens (primary N) is 1. The number of carbonyl (C=O) groups is 1. The molecule has 0 spiro atoms. The maximum atomic E-state index is 11.7. The molecule has 8 heteroatoms. The van der Waals surface area contributed by atoms with Crippen LogP contribution < -0.4 is 5.14 Å². The Balaban J connectivity index is 2.48. The molecule has 1 aromatic rings. The number of primary sulfonamides is 1. The van der Waals surface area contributed by atoms with Gasteiger partial charge in [0.1, 0.15) is 5.56 Å². The number of aromatic nitrogens is 2. The van der Waals surface area contributed by atoms with Crippen molar-refractivity contribution in [2.24, 2.45) is 5.14 Å². The predicted octanol–water partition coefficient (Wildman–Crippen LogP) is 0.822. The lowest BCUT2D eigenvalue weighted by Crippen LogP contribution is -2.23. The number of sulfonamides is 1. The van der Waals surface area contributed by atoms with Crippen molar-refractivity contribution in [3.05, 3.63) is 11.8 Å². The number of hydrogen-bond donors (Lipinski definition) is 1. The van der Waals surface area contributed by atoms with E-state index >= 15 is 0 Å². The third-order valence-corrected chi connectivity index (χ3v) is 4.13. The fourth-order valence-electron chi connectivity index (χ4n) is 2.39. The van der Waals surface area contributed by atoms with E-state index in [1.54, 1.807) is 6.92 Å². The van der Waals surface area contributed by atoms with E-state index in [2.05, 4.69) is 5.10 Å². The summed E-state index contributed by atoms with van der Waals surface area (Å²) in [6, 6.07) is -0.0171. The second kappa shape index (κ2) is 5.30. The summed E-state index contributed by atoms with van der Waals surface area (Å²) in [4.78, 5) is 11.7. The van der Waals surface area contributed by atoms with Gasteiger partial charge in [-0.05, 0) is 19.8 Å². The molecule has 0 unspecified atom stereocenters. The van der Waals surface area contributed by atoms with E-state index in [1.165, 1.54) is 10.9 Å². The minimum Gasteiger partial charge on any atom is -0.462 e. The quantitative estimate of drug-likeness (QED) is 0.826. The highest BCUT2D eigenvalue weighted by Crippen LogP contribution is 2.32. The Labute approximate surface area is 111 Å². The highest BCUT2D eigenvalue weighted by molar-refractivity contribution is 7.89. The standard InChI is InChI=1S/C11H17N3O4S/c1-2-18-11(15)9-7-13-14(8-5-3-4-6-8)10(9)19(12,16)17/h7-8H,2-6H2,1H3,(H2,12,16,17). The molecular formula is C11H17N3O4S. The van der Waals surface area contributed by atoms with Gasteiger partial charge >= 0.3 is 5.97 Å². The van der Waals surface area contributed by atoms with E-state index in [0.29, 0.717) is 0 Å². The average molecular weight is 287 g/mol. The number of hydrogen-bond acceptors (Lipinski definition) is 5. The summed E-state index contributed by atoms with van der Waals surface area (Å²) < 4.78 is 29.6. The number of esters is 1. The Morgan fingerprint density at radius 1 is 1.53 bits per heavy atom. The van der Waals surface area contributed by atoms with Gasteiger partial charge in [0.15, 0.2) is 5.03 Å². The van der Waals surface area contributed by atoms with Gasteiger partial charge in [-0.1, -0.05) is 12.8 Å². The van der Waals surface area contributed by atoms with Crippen LogP contribution in [0.25, 0.3) is 0 Å². The lowest BCUT2D eigenvalue weighted by atomic mass is 10.2. The summed E-state index contributed by atoms with van der Waals surface area (Å²) in [7, 11) is -4.02. The molecule has 1 saturated carbocycles. The van der Waals surface area contributed by atoms with Crippen LogP contribution in [0, 0.1) is 0 Å². The SMILES string of the molecule is CCOC(=O)c1cnn(C2CCCC2)c1S(N)(=O)=O. The van der Waals surface area contributed by atoms with Crippen molar-refractivity contribution in [3.8, 4) is 0 Å². The molecule has 1 fully saturated rings. The molecule has 0 radical (unpaired) electrons. The normalized spacial score (nSPS) is 16.7. The van der Waals surface area contributed by atoms with E-state index < -0.39 is 16.0 Å². The Morgan fingerprint density at radius 3 is 2.68 bits per heavy atom. The second-order valence-corrected chi connectivity index (χ2v) is 5.99. The van der Waals surface area contributed by atoms with Crippen LogP contribution >= 0.6 is 0 Å². The first-order valence-corrected chi connectivity index (χ1v) is 7.77. The summed E-state index contributed by atoms with van der Waals surface area (Å²) in [6.45, 7) is 1.81. The molecule has 2 rings (SSSR count). The molecular weight excluding hydrogens is 270 g/mol. The fraction of sp³-hybridized carbons (Fsp3) is 0.636. The zero-order valence-electron chi connectivity index (χ0n) is 10.7. The fourth-order valence-corrected chi connectivity index (χ4v) is 3.29. The van der Waals surface area contributed by atoms with Crippen LogP contribution in [0.5, 0.6) is 0 Å². The van der Waals surface area contributed by atoms with Gasteiger partial charge in [-0.25, -0.2) is 23.0 Å². The van der Waals surface area contributed by atoms with Crippen LogP contribution in [0.1, 0.15) is 49.0 Å². The van der Waals surface area contributed by atoms with Crippen molar-refractivity contribution in [2.45, 2.75) is 43.7 Å². The van der Waals surface area contributed by atoms with Gasteiger partial charge in [0.05, 0.1) is 18.8 Å². The monoisotopic (exact) mass is 287 g/mol. The van der Waals surface area contributed by atoms with Gasteiger partial charge in [0, 0.05) is 0 Å². The topological polar surface area (TPSA) is 104 Å². The molecule has 0 aliphatic heterocycles. The van der Waals surface area contributed by atoms with E-state index in [1.807, 2.05) is 0 Å². The van der Waals surface area contributed by atoms with Crippen LogP contribution in [-0.2, 0) is 14.8 Å². The van der Waals surface area contributed by atoms with Crippen LogP contribution in [0.4, 0.5) is 0 Å². The molecule has 2 N–H and O–H groups in total. The average Bonchev–Trinajstić information content (AvgIpc) is 2.97. The van der Waals surface area contributed by atoms with Gasteiger partial charge in [0.25, 0.3) is 10.0 Å². The van der Waals surface area contributed by atoms with Gasteiger partial charge in [0.2, 0.25) is 0 Å². The van der Waals surface area contributed by atoms with Crippen molar-refractivity contribution in [3.63, 3.8) is 0 Å². The molecule has 106 valence electrons. The molecule has 1 heterocycles. The Bertz CT molecular complexity index is 573. The van der Waals surface area contributed by atoms with Crippen molar-refractivity contribution >= 4 is 16.0 Å². The van der Waals surface area contributed by atoms with Crippen LogP contribution in [0.3, 0.4) is 0 Å². The smallest absolute Gasteiger partial charge is 0.342 e. The maximum Gasteiger partial charge on any atom is 0.342 e. The third-order valence-electron chi connectivity index (χ3n) is 3.19. The zero-order chi connectivity index (χ0) is 14.0. The second-order valence-electron chi connectivity index (χ2n) is 4.51. The largest absolute Gasteiger partial charge is 0.462 e. The summed E-state index contributed by atoms with van der Waals surface area (Å²) in [5.74, 6) is -0.712. The number of nitrogens with zero attached hydrogens (tertiary/aromatic N) is 2. The van der Waals surface area contributed by atoms with E-state index in [0.717, 1.165) is 25.7 Å². The molecule has 0 saturated heterocycles. The van der Waals surface area contributed by atoms with E-state index in [4.69, 9.17) is 9.88 Å². The van der Waals surface area contributed by atoms with Gasteiger partial charge in [-0.3, -0.25) is 0 Å². The van der Waals surface area contributed by atoms with Crippen molar-refractivity contribution in [2.75, 3.05) is 6.61 Å². The summed E-state index contributed by atoms with van der Waals surface area (Å²) in [6.07, 6.45) is 4.93. The molecule has 0 bridgehead atoms. The number of carbonyl (C=O) groups excluding carboxylic acids is 1. The lowest BCUT2D eigenvalue weighted by molar-refractivity contribution is 0.0521. The van der Waals surface area contributed by atoms with Gasteiger partial charge in [-0.2, -0.15) is 5.10 Å². The maximum absolute atomic E-state index is 11.7. The third kappa shape index (κ3) is 2.79. The molecule has 0 aromatic carbocycles. The number of rotatable bonds is 4. The summed E-state index contributed by atoms with van der Waals surface area (Å²) in [5.41, 5.74) is -0.0868. The van der Waals surface area contributed by atoms with Crippen LogP contribution in [0.15, 0.2) is 11.2 Å². The molecule has 1 aliphatic carbocycles. The molecule has 1 aromatic heterocycles. The van der Waals surface area contributed by atoms with Crippen LogP contribution in [0.2, 0.25) is 0 Å². The highest BCUT2D eigenvalue weighted by atomic mass is 32.2. The van der Waals surface area contributed by atoms with Crippen molar-refractivity contribution in [1.29, 1.82) is 0 Å².